The van der Waals surface area contributed by atoms with Gasteiger partial charge in [0.25, 0.3) is 0 Å². The molecule has 0 radical (unpaired) electrons. The highest BCUT2D eigenvalue weighted by atomic mass is 16.5. The second-order valence-corrected chi connectivity index (χ2v) is 6.35. The number of ether oxygens (including phenoxy) is 1. The van der Waals surface area contributed by atoms with Crippen molar-refractivity contribution in [3.05, 3.63) is 71.8 Å². The third-order valence-electron chi connectivity index (χ3n) is 4.81. The first-order valence-corrected chi connectivity index (χ1v) is 9.03. The summed E-state index contributed by atoms with van der Waals surface area (Å²) in [6, 6.07) is 21.0. The van der Waals surface area contributed by atoms with Gasteiger partial charge in [-0.1, -0.05) is 67.6 Å². The second-order valence-electron chi connectivity index (χ2n) is 6.35. The molecule has 2 aromatic rings. The number of likely N-dealkylation sites (N-methyl/N-ethyl adjacent to an activating group) is 1. The molecule has 1 saturated heterocycles. The molecule has 0 unspecified atom stereocenters. The van der Waals surface area contributed by atoms with Gasteiger partial charge in [0, 0.05) is 32.7 Å². The van der Waals surface area contributed by atoms with E-state index < -0.39 is 0 Å². The van der Waals surface area contributed by atoms with Gasteiger partial charge in [0.2, 0.25) is 0 Å². The van der Waals surface area contributed by atoms with Gasteiger partial charge < -0.3 is 9.64 Å². The molecular weight excluding hydrogens is 296 g/mol. The van der Waals surface area contributed by atoms with Crippen LogP contribution in [0.5, 0.6) is 0 Å². The lowest BCUT2D eigenvalue weighted by molar-refractivity contribution is 0.0460. The topological polar surface area (TPSA) is 15.7 Å². The summed E-state index contributed by atoms with van der Waals surface area (Å²) in [5.41, 5.74) is 2.44. The van der Waals surface area contributed by atoms with Crippen LogP contribution in [0, 0.1) is 0 Å². The van der Waals surface area contributed by atoms with E-state index in [1.807, 2.05) is 0 Å². The first-order chi connectivity index (χ1) is 11.9. The molecule has 3 nitrogen and oxygen atoms in total. The van der Waals surface area contributed by atoms with Crippen LogP contribution < -0.4 is 0 Å². The maximum absolute atomic E-state index is 6.31. The van der Waals surface area contributed by atoms with E-state index in [4.69, 9.17) is 4.74 Å². The normalized spacial score (nSPS) is 16.6. The summed E-state index contributed by atoms with van der Waals surface area (Å²) < 4.78 is 6.31. The molecule has 128 valence electrons. The molecule has 3 rings (SSSR count). The van der Waals surface area contributed by atoms with Crippen molar-refractivity contribution < 1.29 is 4.74 Å². The Morgan fingerprint density at radius 3 is 1.79 bits per heavy atom. The van der Waals surface area contributed by atoms with Crippen LogP contribution in [0.25, 0.3) is 0 Å². The Balaban J connectivity index is 1.57. The zero-order chi connectivity index (χ0) is 16.6. The van der Waals surface area contributed by atoms with Crippen molar-refractivity contribution in [1.82, 2.24) is 9.80 Å². The third-order valence-corrected chi connectivity index (χ3v) is 4.81. The quantitative estimate of drug-likeness (QED) is 0.776. The number of hydrogen-bond donors (Lipinski definition) is 0. The largest absolute Gasteiger partial charge is 0.367 e. The molecule has 0 saturated carbocycles. The van der Waals surface area contributed by atoms with Gasteiger partial charge in [-0.25, -0.2) is 0 Å². The van der Waals surface area contributed by atoms with Crippen molar-refractivity contribution in [3.63, 3.8) is 0 Å². The monoisotopic (exact) mass is 324 g/mol. The van der Waals surface area contributed by atoms with E-state index in [2.05, 4.69) is 77.4 Å². The molecule has 24 heavy (non-hydrogen) atoms. The number of hydrogen-bond acceptors (Lipinski definition) is 3. The van der Waals surface area contributed by atoms with Crippen LogP contribution >= 0.6 is 0 Å². The van der Waals surface area contributed by atoms with Gasteiger partial charge >= 0.3 is 0 Å². The lowest BCUT2D eigenvalue weighted by Crippen LogP contribution is -2.47. The SMILES string of the molecule is CCN1CCN(CCOC(c2ccccc2)c2ccccc2)CC1. The Bertz CT molecular complexity index is 540. The Kier molecular flexibility index (Phi) is 6.41. The molecule has 1 fully saturated rings. The van der Waals surface area contributed by atoms with Crippen LogP contribution in [0.15, 0.2) is 60.7 Å². The van der Waals surface area contributed by atoms with Crippen molar-refractivity contribution in [2.75, 3.05) is 45.9 Å². The summed E-state index contributed by atoms with van der Waals surface area (Å²) in [7, 11) is 0. The van der Waals surface area contributed by atoms with Gasteiger partial charge in [-0.05, 0) is 17.7 Å². The molecule has 0 aliphatic carbocycles. The minimum Gasteiger partial charge on any atom is -0.367 e. The van der Waals surface area contributed by atoms with Gasteiger partial charge in [-0.2, -0.15) is 0 Å². The Morgan fingerprint density at radius 2 is 1.29 bits per heavy atom. The summed E-state index contributed by atoms with van der Waals surface area (Å²) in [5, 5.41) is 0. The minimum atomic E-state index is 0.0179. The molecule has 0 atom stereocenters. The molecule has 0 amide bonds. The summed E-state index contributed by atoms with van der Waals surface area (Å²) >= 11 is 0. The predicted molar refractivity (Wildman–Crippen MR) is 99.2 cm³/mol. The van der Waals surface area contributed by atoms with E-state index >= 15 is 0 Å². The Labute approximate surface area is 145 Å². The standard InChI is InChI=1S/C21H28N2O/c1-2-22-13-15-23(16-14-22)17-18-24-21(19-9-5-3-6-10-19)20-11-7-4-8-12-20/h3-12,21H,2,13-18H2,1H3. The Morgan fingerprint density at radius 1 is 0.792 bits per heavy atom. The van der Waals surface area contributed by atoms with E-state index in [1.165, 1.54) is 24.2 Å². The fourth-order valence-electron chi connectivity index (χ4n) is 3.27. The summed E-state index contributed by atoms with van der Waals surface area (Å²) in [4.78, 5) is 5.02. The molecule has 1 heterocycles. The van der Waals surface area contributed by atoms with Crippen LogP contribution in [-0.4, -0.2) is 55.7 Å². The zero-order valence-electron chi connectivity index (χ0n) is 14.6. The molecule has 2 aromatic carbocycles. The van der Waals surface area contributed by atoms with Crippen molar-refractivity contribution in [3.8, 4) is 0 Å². The second kappa shape index (κ2) is 8.97. The van der Waals surface area contributed by atoms with Crippen LogP contribution in [0.4, 0.5) is 0 Å². The molecule has 1 aliphatic rings. The maximum atomic E-state index is 6.31. The average Bonchev–Trinajstić information content (AvgIpc) is 2.67. The highest BCUT2D eigenvalue weighted by Crippen LogP contribution is 2.25. The van der Waals surface area contributed by atoms with Gasteiger partial charge in [0.05, 0.1) is 6.61 Å². The van der Waals surface area contributed by atoms with Crippen LogP contribution in [0.1, 0.15) is 24.2 Å². The Hall–Kier alpha value is -1.68. The average molecular weight is 324 g/mol. The van der Waals surface area contributed by atoms with Crippen molar-refractivity contribution in [2.45, 2.75) is 13.0 Å². The first-order valence-electron chi connectivity index (χ1n) is 9.03. The highest BCUT2D eigenvalue weighted by molar-refractivity contribution is 5.29. The van der Waals surface area contributed by atoms with Crippen molar-refractivity contribution >= 4 is 0 Å². The van der Waals surface area contributed by atoms with E-state index in [-0.39, 0.29) is 6.10 Å². The number of rotatable bonds is 7. The van der Waals surface area contributed by atoms with Crippen LogP contribution in [0.2, 0.25) is 0 Å². The summed E-state index contributed by atoms with van der Waals surface area (Å²) in [6.07, 6.45) is 0.0179. The number of nitrogens with zero attached hydrogens (tertiary/aromatic N) is 2. The van der Waals surface area contributed by atoms with Gasteiger partial charge in [0.1, 0.15) is 6.10 Å². The zero-order valence-corrected chi connectivity index (χ0v) is 14.6. The molecule has 0 N–H and O–H groups in total. The van der Waals surface area contributed by atoms with E-state index in [1.54, 1.807) is 0 Å². The molecular formula is C21H28N2O. The van der Waals surface area contributed by atoms with E-state index in [9.17, 15) is 0 Å². The molecule has 0 aromatic heterocycles. The summed E-state index contributed by atoms with van der Waals surface area (Å²) in [5.74, 6) is 0. The van der Waals surface area contributed by atoms with Gasteiger partial charge in [-0.3, -0.25) is 4.90 Å². The first kappa shape index (κ1) is 17.2. The smallest absolute Gasteiger partial charge is 0.108 e. The lowest BCUT2D eigenvalue weighted by atomic mass is 10.0. The van der Waals surface area contributed by atoms with Gasteiger partial charge in [0.15, 0.2) is 0 Å². The van der Waals surface area contributed by atoms with Gasteiger partial charge in [-0.15, -0.1) is 0 Å². The van der Waals surface area contributed by atoms with Crippen molar-refractivity contribution in [1.29, 1.82) is 0 Å². The summed E-state index contributed by atoms with van der Waals surface area (Å²) in [6.45, 7) is 9.83. The van der Waals surface area contributed by atoms with Crippen LogP contribution in [0.3, 0.4) is 0 Å². The molecule has 0 bridgehead atoms. The lowest BCUT2D eigenvalue weighted by Gasteiger charge is -2.34. The molecule has 3 heteroatoms. The molecule has 0 spiro atoms. The minimum absolute atomic E-state index is 0.0179. The molecule has 1 aliphatic heterocycles. The number of benzene rings is 2. The fourth-order valence-corrected chi connectivity index (χ4v) is 3.27. The highest BCUT2D eigenvalue weighted by Gasteiger charge is 2.17. The predicted octanol–water partition coefficient (Wildman–Crippen LogP) is 3.43. The maximum Gasteiger partial charge on any atom is 0.108 e. The number of piperazine rings is 1. The third kappa shape index (κ3) is 4.67. The van der Waals surface area contributed by atoms with E-state index in [0.717, 1.165) is 32.8 Å². The van der Waals surface area contributed by atoms with Crippen LogP contribution in [-0.2, 0) is 4.74 Å². The van der Waals surface area contributed by atoms with Crippen molar-refractivity contribution in [2.24, 2.45) is 0 Å². The fraction of sp³-hybridized carbons (Fsp3) is 0.429. The van der Waals surface area contributed by atoms with E-state index in [0.29, 0.717) is 0 Å².